The summed E-state index contributed by atoms with van der Waals surface area (Å²) in [4.78, 5) is 11.6. The predicted molar refractivity (Wildman–Crippen MR) is 83.7 cm³/mol. The van der Waals surface area contributed by atoms with Gasteiger partial charge in [-0.1, -0.05) is 6.07 Å². The topological polar surface area (TPSA) is 78.5 Å². The molecule has 1 aliphatic heterocycles. The van der Waals surface area contributed by atoms with Crippen LogP contribution in [0.15, 0.2) is 29.2 Å². The quantitative estimate of drug-likeness (QED) is 0.807. The van der Waals surface area contributed by atoms with Gasteiger partial charge in [-0.15, -0.1) is 12.4 Å². The molecule has 1 heterocycles. The summed E-state index contributed by atoms with van der Waals surface area (Å²) in [5.41, 5.74) is -0.134. The summed E-state index contributed by atoms with van der Waals surface area (Å²) in [6, 6.07) is 5.00. The van der Waals surface area contributed by atoms with Crippen molar-refractivity contribution in [2.45, 2.75) is 11.1 Å². The van der Waals surface area contributed by atoms with Gasteiger partial charge in [-0.3, -0.25) is 4.79 Å². The minimum Gasteiger partial charge on any atom is -0.343 e. The van der Waals surface area contributed by atoms with E-state index in [4.69, 9.17) is 0 Å². The molecule has 1 saturated heterocycles. The van der Waals surface area contributed by atoms with Gasteiger partial charge in [0, 0.05) is 31.7 Å². The van der Waals surface area contributed by atoms with E-state index in [1.165, 1.54) is 22.5 Å². The molecule has 0 spiro atoms. The summed E-state index contributed by atoms with van der Waals surface area (Å²) in [5.74, 6) is -0.973. The van der Waals surface area contributed by atoms with Gasteiger partial charge >= 0.3 is 6.18 Å². The SMILES string of the molecule is Cl.O=C(NCC(F)(F)F)c1cccc(S(=O)(=O)N2CCNCC2)c1. The van der Waals surface area contributed by atoms with E-state index < -0.39 is 28.7 Å². The smallest absolute Gasteiger partial charge is 0.343 e. The zero-order chi connectivity index (χ0) is 17.1. The van der Waals surface area contributed by atoms with Crippen LogP contribution in [0.3, 0.4) is 0 Å². The Kier molecular flexibility index (Phi) is 7.02. The number of carbonyl (C=O) groups is 1. The third-order valence-electron chi connectivity index (χ3n) is 3.26. The van der Waals surface area contributed by atoms with Gasteiger partial charge in [-0.05, 0) is 18.2 Å². The molecular weight excluding hydrogens is 371 g/mol. The summed E-state index contributed by atoms with van der Waals surface area (Å²) in [6.07, 6.45) is -4.53. The number of hydrogen-bond donors (Lipinski definition) is 2. The first-order chi connectivity index (χ1) is 10.7. The van der Waals surface area contributed by atoms with Crippen LogP contribution in [0.4, 0.5) is 13.2 Å². The third kappa shape index (κ3) is 5.33. The number of nitrogens with one attached hydrogen (secondary N) is 2. The van der Waals surface area contributed by atoms with Crippen LogP contribution in [0, 0.1) is 0 Å². The highest BCUT2D eigenvalue weighted by Crippen LogP contribution is 2.18. The fourth-order valence-electron chi connectivity index (χ4n) is 2.11. The normalized spacial score (nSPS) is 16.3. The van der Waals surface area contributed by atoms with E-state index in [1.54, 1.807) is 5.32 Å². The van der Waals surface area contributed by atoms with Crippen molar-refractivity contribution in [3.8, 4) is 0 Å². The second-order valence-electron chi connectivity index (χ2n) is 4.98. The van der Waals surface area contributed by atoms with E-state index in [2.05, 4.69) is 5.32 Å². The molecule has 1 amide bonds. The summed E-state index contributed by atoms with van der Waals surface area (Å²) in [5, 5.41) is 4.74. The number of nitrogens with zero attached hydrogens (tertiary/aromatic N) is 1. The number of amides is 1. The number of carbonyl (C=O) groups excluding carboxylic acids is 1. The highest BCUT2D eigenvalue weighted by Gasteiger charge is 2.29. The van der Waals surface area contributed by atoms with E-state index in [9.17, 15) is 26.4 Å². The zero-order valence-electron chi connectivity index (χ0n) is 12.5. The van der Waals surface area contributed by atoms with Gasteiger partial charge in [0.25, 0.3) is 5.91 Å². The second kappa shape index (κ2) is 8.15. The molecule has 1 aliphatic rings. The molecule has 0 atom stereocenters. The lowest BCUT2D eigenvalue weighted by atomic mass is 10.2. The van der Waals surface area contributed by atoms with E-state index in [-0.39, 0.29) is 22.9 Å². The Balaban J connectivity index is 0.00000288. The number of benzene rings is 1. The molecule has 0 radical (unpaired) electrons. The fourth-order valence-corrected chi connectivity index (χ4v) is 3.60. The van der Waals surface area contributed by atoms with E-state index in [0.717, 1.165) is 6.07 Å². The maximum Gasteiger partial charge on any atom is 0.405 e. The maximum absolute atomic E-state index is 12.5. The monoisotopic (exact) mass is 387 g/mol. The number of alkyl halides is 3. The first kappa shape index (κ1) is 20.7. The Labute approximate surface area is 143 Å². The van der Waals surface area contributed by atoms with Gasteiger partial charge in [0.05, 0.1) is 4.90 Å². The van der Waals surface area contributed by atoms with Crippen LogP contribution >= 0.6 is 12.4 Å². The summed E-state index contributed by atoms with van der Waals surface area (Å²) in [6.45, 7) is 0.163. The Morgan fingerprint density at radius 3 is 2.46 bits per heavy atom. The molecule has 0 bridgehead atoms. The van der Waals surface area contributed by atoms with E-state index in [1.807, 2.05) is 0 Å². The number of hydrogen-bond acceptors (Lipinski definition) is 4. The molecule has 0 aliphatic carbocycles. The third-order valence-corrected chi connectivity index (χ3v) is 5.15. The molecule has 2 rings (SSSR count). The predicted octanol–water partition coefficient (Wildman–Crippen LogP) is 0.994. The molecule has 1 fully saturated rings. The molecule has 6 nitrogen and oxygen atoms in total. The molecule has 0 saturated carbocycles. The lowest BCUT2D eigenvalue weighted by molar-refractivity contribution is -0.123. The van der Waals surface area contributed by atoms with Crippen molar-refractivity contribution in [1.82, 2.24) is 14.9 Å². The summed E-state index contributed by atoms with van der Waals surface area (Å²) >= 11 is 0. The largest absolute Gasteiger partial charge is 0.405 e. The van der Waals surface area contributed by atoms with E-state index in [0.29, 0.717) is 26.2 Å². The number of rotatable bonds is 4. The Morgan fingerprint density at radius 1 is 1.25 bits per heavy atom. The van der Waals surface area contributed by atoms with Crippen LogP contribution in [0.25, 0.3) is 0 Å². The lowest BCUT2D eigenvalue weighted by Crippen LogP contribution is -2.46. The standard InChI is InChI=1S/C13H16F3N3O3S.ClH/c14-13(15,16)9-18-12(20)10-2-1-3-11(8-10)23(21,22)19-6-4-17-5-7-19;/h1-3,8,17H,4-7,9H2,(H,18,20);1H. The number of piperazine rings is 1. The number of halogens is 4. The second-order valence-corrected chi connectivity index (χ2v) is 6.92. The molecule has 136 valence electrons. The molecule has 0 unspecified atom stereocenters. The van der Waals surface area contributed by atoms with Crippen molar-refractivity contribution in [3.63, 3.8) is 0 Å². The van der Waals surface area contributed by atoms with Gasteiger partial charge in [0.2, 0.25) is 10.0 Å². The van der Waals surface area contributed by atoms with Gasteiger partial charge in [0.1, 0.15) is 6.54 Å². The molecular formula is C13H17ClF3N3O3S. The molecule has 0 aromatic heterocycles. The van der Waals surface area contributed by atoms with Gasteiger partial charge in [-0.25, -0.2) is 8.42 Å². The minimum atomic E-state index is -4.53. The van der Waals surface area contributed by atoms with Crippen LogP contribution in [0.1, 0.15) is 10.4 Å². The van der Waals surface area contributed by atoms with Crippen LogP contribution in [0.2, 0.25) is 0 Å². The Bertz CT molecular complexity index is 677. The van der Waals surface area contributed by atoms with Crippen LogP contribution in [-0.4, -0.2) is 57.5 Å². The molecule has 1 aromatic rings. The van der Waals surface area contributed by atoms with Gasteiger partial charge in [0.15, 0.2) is 0 Å². The van der Waals surface area contributed by atoms with Crippen molar-refractivity contribution < 1.29 is 26.4 Å². The highest BCUT2D eigenvalue weighted by molar-refractivity contribution is 7.89. The average molecular weight is 388 g/mol. The van der Waals surface area contributed by atoms with E-state index >= 15 is 0 Å². The van der Waals surface area contributed by atoms with Crippen molar-refractivity contribution in [2.24, 2.45) is 0 Å². The summed E-state index contributed by atoms with van der Waals surface area (Å²) in [7, 11) is -3.77. The molecule has 2 N–H and O–H groups in total. The van der Waals surface area contributed by atoms with Crippen LogP contribution < -0.4 is 10.6 Å². The van der Waals surface area contributed by atoms with Crippen molar-refractivity contribution in [2.75, 3.05) is 32.7 Å². The zero-order valence-corrected chi connectivity index (χ0v) is 14.1. The Hall–Kier alpha value is -1.36. The molecule has 1 aromatic carbocycles. The van der Waals surface area contributed by atoms with Crippen LogP contribution in [-0.2, 0) is 10.0 Å². The van der Waals surface area contributed by atoms with Crippen molar-refractivity contribution in [3.05, 3.63) is 29.8 Å². The van der Waals surface area contributed by atoms with Crippen molar-refractivity contribution >= 4 is 28.3 Å². The molecule has 11 heteroatoms. The lowest BCUT2D eigenvalue weighted by Gasteiger charge is -2.26. The Morgan fingerprint density at radius 2 is 1.88 bits per heavy atom. The first-order valence-corrected chi connectivity index (χ1v) is 8.30. The van der Waals surface area contributed by atoms with Gasteiger partial charge in [-0.2, -0.15) is 17.5 Å². The van der Waals surface area contributed by atoms with Gasteiger partial charge < -0.3 is 10.6 Å². The number of sulfonamides is 1. The average Bonchev–Trinajstić information content (AvgIpc) is 2.53. The fraction of sp³-hybridized carbons (Fsp3) is 0.462. The first-order valence-electron chi connectivity index (χ1n) is 6.86. The maximum atomic E-state index is 12.5. The van der Waals surface area contributed by atoms with Crippen LogP contribution in [0.5, 0.6) is 0 Å². The highest BCUT2D eigenvalue weighted by atomic mass is 35.5. The molecule has 24 heavy (non-hydrogen) atoms. The minimum absolute atomic E-state index is 0. The summed E-state index contributed by atoms with van der Waals surface area (Å²) < 4.78 is 62.6. The van der Waals surface area contributed by atoms with Crippen molar-refractivity contribution in [1.29, 1.82) is 0 Å².